The summed E-state index contributed by atoms with van der Waals surface area (Å²) in [4.78, 5) is 13.2. The lowest BCUT2D eigenvalue weighted by molar-refractivity contribution is -0.120. The van der Waals surface area contributed by atoms with Crippen LogP contribution in [0.25, 0.3) is 0 Å². The van der Waals surface area contributed by atoms with Gasteiger partial charge in [0.25, 0.3) is 0 Å². The topological polar surface area (TPSA) is 77.0 Å². The molecule has 7 heteroatoms. The fourth-order valence-electron chi connectivity index (χ4n) is 2.32. The van der Waals surface area contributed by atoms with Crippen molar-refractivity contribution in [2.24, 2.45) is 0 Å². The summed E-state index contributed by atoms with van der Waals surface area (Å²) in [5.74, 6) is 1.30. The number of hydrogen-bond donors (Lipinski definition) is 2. The van der Waals surface area contributed by atoms with Gasteiger partial charge in [-0.25, -0.2) is 0 Å². The SMILES string of the molecule is COc1cccc(OC)c1OCC(O)CNC(=O)C(C)Sc1ccccc1. The maximum Gasteiger partial charge on any atom is 0.233 e. The number of aliphatic hydroxyl groups is 1. The normalized spacial score (nSPS) is 12.7. The van der Waals surface area contributed by atoms with Gasteiger partial charge >= 0.3 is 0 Å². The fourth-order valence-corrected chi connectivity index (χ4v) is 3.23. The second-order valence-corrected chi connectivity index (χ2v) is 7.19. The van der Waals surface area contributed by atoms with Gasteiger partial charge in [-0.05, 0) is 31.2 Å². The highest BCUT2D eigenvalue weighted by Crippen LogP contribution is 2.36. The highest BCUT2D eigenvalue weighted by atomic mass is 32.2. The number of carbonyl (C=O) groups excluding carboxylic acids is 1. The number of benzene rings is 2. The molecule has 6 nitrogen and oxygen atoms in total. The zero-order valence-corrected chi connectivity index (χ0v) is 16.5. The van der Waals surface area contributed by atoms with E-state index in [1.807, 2.05) is 37.3 Å². The summed E-state index contributed by atoms with van der Waals surface area (Å²) >= 11 is 1.47. The molecule has 0 spiro atoms. The summed E-state index contributed by atoms with van der Waals surface area (Å²) < 4.78 is 16.1. The molecule has 27 heavy (non-hydrogen) atoms. The minimum Gasteiger partial charge on any atom is -0.493 e. The number of amides is 1. The van der Waals surface area contributed by atoms with Crippen LogP contribution in [0.5, 0.6) is 17.2 Å². The van der Waals surface area contributed by atoms with Crippen LogP contribution in [0.4, 0.5) is 0 Å². The van der Waals surface area contributed by atoms with Gasteiger partial charge in [0.1, 0.15) is 12.7 Å². The Morgan fingerprint density at radius 2 is 1.70 bits per heavy atom. The summed E-state index contributed by atoms with van der Waals surface area (Å²) in [5, 5.41) is 12.6. The molecule has 2 aromatic carbocycles. The average Bonchev–Trinajstić information content (AvgIpc) is 2.70. The number of carbonyl (C=O) groups is 1. The van der Waals surface area contributed by atoms with Crippen LogP contribution in [-0.4, -0.2) is 49.7 Å². The molecular weight excluding hydrogens is 366 g/mol. The van der Waals surface area contributed by atoms with Crippen molar-refractivity contribution < 1.29 is 24.1 Å². The van der Waals surface area contributed by atoms with Crippen molar-refractivity contribution in [3.8, 4) is 17.2 Å². The quantitative estimate of drug-likeness (QED) is 0.607. The molecule has 2 atom stereocenters. The number of ether oxygens (including phenoxy) is 3. The fraction of sp³-hybridized carbons (Fsp3) is 0.350. The molecule has 146 valence electrons. The minimum absolute atomic E-state index is 0.00276. The van der Waals surface area contributed by atoms with Gasteiger partial charge in [-0.3, -0.25) is 4.79 Å². The molecular formula is C20H25NO5S. The monoisotopic (exact) mass is 391 g/mol. The van der Waals surface area contributed by atoms with Gasteiger partial charge in [0.05, 0.1) is 19.5 Å². The third-order valence-electron chi connectivity index (χ3n) is 3.74. The molecule has 2 aromatic rings. The second kappa shape index (κ2) is 10.7. The Bertz CT molecular complexity index is 703. The van der Waals surface area contributed by atoms with Crippen LogP contribution < -0.4 is 19.5 Å². The van der Waals surface area contributed by atoms with Crippen molar-refractivity contribution in [3.63, 3.8) is 0 Å². The number of para-hydroxylation sites is 1. The lowest BCUT2D eigenvalue weighted by atomic mass is 10.3. The molecule has 2 rings (SSSR count). The van der Waals surface area contributed by atoms with Gasteiger partial charge in [0, 0.05) is 11.4 Å². The summed E-state index contributed by atoms with van der Waals surface area (Å²) in [6, 6.07) is 15.0. The third-order valence-corrected chi connectivity index (χ3v) is 4.85. The van der Waals surface area contributed by atoms with E-state index in [-0.39, 0.29) is 24.3 Å². The van der Waals surface area contributed by atoms with Gasteiger partial charge in [-0.2, -0.15) is 0 Å². The van der Waals surface area contributed by atoms with Gasteiger partial charge in [0.15, 0.2) is 11.5 Å². The van der Waals surface area contributed by atoms with Crippen LogP contribution >= 0.6 is 11.8 Å². The summed E-state index contributed by atoms with van der Waals surface area (Å²) in [6.45, 7) is 1.92. The van der Waals surface area contributed by atoms with Crippen LogP contribution in [0.3, 0.4) is 0 Å². The number of nitrogens with one attached hydrogen (secondary N) is 1. The first-order chi connectivity index (χ1) is 13.0. The smallest absolute Gasteiger partial charge is 0.233 e. The predicted molar refractivity (Wildman–Crippen MR) is 106 cm³/mol. The van der Waals surface area contributed by atoms with Crippen molar-refractivity contribution in [1.82, 2.24) is 5.32 Å². The van der Waals surface area contributed by atoms with Crippen LogP contribution in [0, 0.1) is 0 Å². The third kappa shape index (κ3) is 6.37. The maximum atomic E-state index is 12.2. The molecule has 2 N–H and O–H groups in total. The number of rotatable bonds is 10. The number of methoxy groups -OCH3 is 2. The summed E-state index contributed by atoms with van der Waals surface area (Å²) in [6.07, 6.45) is -0.863. The molecule has 0 aliphatic rings. The van der Waals surface area contributed by atoms with E-state index in [0.29, 0.717) is 17.2 Å². The number of aliphatic hydroxyl groups excluding tert-OH is 1. The molecule has 0 aliphatic heterocycles. The predicted octanol–water partition coefficient (Wildman–Crippen LogP) is 2.74. The molecule has 0 aliphatic carbocycles. The maximum absolute atomic E-state index is 12.2. The van der Waals surface area contributed by atoms with Crippen molar-refractivity contribution in [2.45, 2.75) is 23.2 Å². The van der Waals surface area contributed by atoms with Crippen molar-refractivity contribution in [1.29, 1.82) is 0 Å². The summed E-state index contributed by atoms with van der Waals surface area (Å²) in [5.41, 5.74) is 0. The lowest BCUT2D eigenvalue weighted by Crippen LogP contribution is -2.38. The van der Waals surface area contributed by atoms with Crippen molar-refractivity contribution in [3.05, 3.63) is 48.5 Å². The van der Waals surface area contributed by atoms with Gasteiger partial charge in [-0.1, -0.05) is 24.3 Å². The van der Waals surface area contributed by atoms with E-state index in [0.717, 1.165) is 4.90 Å². The van der Waals surface area contributed by atoms with Crippen molar-refractivity contribution >= 4 is 17.7 Å². The van der Waals surface area contributed by atoms with Crippen LogP contribution in [0.15, 0.2) is 53.4 Å². The van der Waals surface area contributed by atoms with Crippen LogP contribution in [-0.2, 0) is 4.79 Å². The summed E-state index contributed by atoms with van der Waals surface area (Å²) in [7, 11) is 3.06. The van der Waals surface area contributed by atoms with E-state index in [1.165, 1.54) is 26.0 Å². The number of hydrogen-bond acceptors (Lipinski definition) is 6. The standard InChI is InChI=1S/C20H25NO5S/c1-14(27-16-8-5-4-6-9-16)20(23)21-12-15(22)13-26-19-17(24-2)10-7-11-18(19)25-3/h4-11,14-15,22H,12-13H2,1-3H3,(H,21,23). The molecule has 0 saturated heterocycles. The number of thioether (sulfide) groups is 1. The Morgan fingerprint density at radius 1 is 1.07 bits per heavy atom. The van der Waals surface area contributed by atoms with Crippen molar-refractivity contribution in [2.75, 3.05) is 27.4 Å². The molecule has 0 heterocycles. The van der Waals surface area contributed by atoms with Gasteiger partial charge in [0.2, 0.25) is 11.7 Å². The Morgan fingerprint density at radius 3 is 2.30 bits per heavy atom. The molecule has 2 unspecified atom stereocenters. The van der Waals surface area contributed by atoms with E-state index in [1.54, 1.807) is 18.2 Å². The molecule has 0 saturated carbocycles. The first-order valence-corrected chi connectivity index (χ1v) is 9.44. The molecule has 0 bridgehead atoms. The first kappa shape index (κ1) is 20.9. The van der Waals surface area contributed by atoms with Gasteiger partial charge < -0.3 is 24.6 Å². The van der Waals surface area contributed by atoms with Crippen LogP contribution in [0.2, 0.25) is 0 Å². The first-order valence-electron chi connectivity index (χ1n) is 8.56. The Kier molecular flexibility index (Phi) is 8.29. The molecule has 1 amide bonds. The van der Waals surface area contributed by atoms with Crippen LogP contribution in [0.1, 0.15) is 6.92 Å². The van der Waals surface area contributed by atoms with E-state index in [2.05, 4.69) is 5.32 Å². The lowest BCUT2D eigenvalue weighted by Gasteiger charge is -2.18. The second-order valence-electron chi connectivity index (χ2n) is 5.77. The highest BCUT2D eigenvalue weighted by Gasteiger charge is 2.17. The van der Waals surface area contributed by atoms with E-state index in [9.17, 15) is 9.90 Å². The average molecular weight is 391 g/mol. The Balaban J connectivity index is 1.81. The minimum atomic E-state index is -0.863. The molecule has 0 radical (unpaired) electrons. The highest BCUT2D eigenvalue weighted by molar-refractivity contribution is 8.00. The van der Waals surface area contributed by atoms with Gasteiger partial charge in [-0.15, -0.1) is 11.8 Å². The van der Waals surface area contributed by atoms with E-state index in [4.69, 9.17) is 14.2 Å². The van der Waals surface area contributed by atoms with E-state index < -0.39 is 6.10 Å². The molecule has 0 aromatic heterocycles. The zero-order chi connectivity index (χ0) is 19.6. The molecule has 0 fully saturated rings. The Labute approximate surface area is 163 Å². The zero-order valence-electron chi connectivity index (χ0n) is 15.7. The largest absolute Gasteiger partial charge is 0.493 e. The Hall–Kier alpha value is -2.38. The van der Waals surface area contributed by atoms with E-state index >= 15 is 0 Å².